The molecule has 0 aromatic heterocycles. The average molecular weight is 220 g/mol. The molecule has 2 nitrogen and oxygen atoms in total. The van der Waals surface area contributed by atoms with E-state index < -0.39 is 0 Å². The molecule has 1 N–H and O–H groups in total. The van der Waals surface area contributed by atoms with Crippen LogP contribution >= 0.6 is 11.6 Å². The Morgan fingerprint density at radius 2 is 2.07 bits per heavy atom. The molecule has 1 rings (SSSR count). The lowest BCUT2D eigenvalue weighted by Gasteiger charge is -2.24. The number of hydrogen-bond donors (Lipinski definition) is 1. The molecule has 84 valence electrons. The Morgan fingerprint density at radius 1 is 1.36 bits per heavy atom. The summed E-state index contributed by atoms with van der Waals surface area (Å²) >= 11 is 5.59. The lowest BCUT2D eigenvalue weighted by Crippen LogP contribution is -2.34. The van der Waals surface area contributed by atoms with E-state index in [4.69, 9.17) is 11.6 Å². The van der Waals surface area contributed by atoms with Crippen molar-refractivity contribution in [3.8, 4) is 0 Å². The molecule has 1 unspecified atom stereocenters. The molecule has 14 heavy (non-hydrogen) atoms. The van der Waals surface area contributed by atoms with Gasteiger partial charge in [-0.1, -0.05) is 13.8 Å². The number of likely N-dealkylation sites (tertiary alicyclic amines) is 1. The topological polar surface area (TPSA) is 23.5 Å². The molecule has 0 bridgehead atoms. The minimum atomic E-state index is -0.363. The Morgan fingerprint density at radius 3 is 2.71 bits per heavy atom. The van der Waals surface area contributed by atoms with Crippen LogP contribution in [0.4, 0.5) is 0 Å². The van der Waals surface area contributed by atoms with Crippen LogP contribution in [-0.2, 0) is 0 Å². The Labute approximate surface area is 92.2 Å². The van der Waals surface area contributed by atoms with Crippen LogP contribution in [0.25, 0.3) is 0 Å². The van der Waals surface area contributed by atoms with Crippen molar-refractivity contribution in [1.82, 2.24) is 4.90 Å². The molecular formula is C11H22ClNO. The van der Waals surface area contributed by atoms with Crippen molar-refractivity contribution in [2.24, 2.45) is 5.41 Å². The summed E-state index contributed by atoms with van der Waals surface area (Å²) < 4.78 is 0. The summed E-state index contributed by atoms with van der Waals surface area (Å²) in [5.74, 6) is 0.347. The fraction of sp³-hybridized carbons (Fsp3) is 1.00. The first-order valence-electron chi connectivity index (χ1n) is 5.50. The van der Waals surface area contributed by atoms with Crippen molar-refractivity contribution in [1.29, 1.82) is 0 Å². The smallest absolute Gasteiger partial charge is 0.0802 e. The zero-order valence-electron chi connectivity index (χ0n) is 9.30. The number of β-amino-alcohol motifs (C(OH)–C–C–N with tert-alkyl or cyclic N) is 1. The monoisotopic (exact) mass is 219 g/mol. The van der Waals surface area contributed by atoms with Gasteiger partial charge in [-0.15, -0.1) is 11.6 Å². The molecule has 0 aromatic carbocycles. The van der Waals surface area contributed by atoms with E-state index in [0.29, 0.717) is 11.3 Å². The van der Waals surface area contributed by atoms with Gasteiger partial charge in [0.15, 0.2) is 0 Å². The molecule has 0 spiro atoms. The van der Waals surface area contributed by atoms with Crippen LogP contribution in [0, 0.1) is 5.41 Å². The lowest BCUT2D eigenvalue weighted by atomic mass is 9.85. The number of aliphatic hydroxyl groups is 1. The second-order valence-electron chi connectivity index (χ2n) is 5.13. The van der Waals surface area contributed by atoms with Gasteiger partial charge in [0.2, 0.25) is 0 Å². The number of hydrogen-bond acceptors (Lipinski definition) is 2. The predicted octanol–water partition coefficient (Wildman–Crippen LogP) is 2.10. The first-order chi connectivity index (χ1) is 6.53. The zero-order valence-corrected chi connectivity index (χ0v) is 10.1. The first-order valence-corrected chi connectivity index (χ1v) is 6.03. The SMILES string of the molecule is CC1(C)CCCN(CC(O)CCl)CC1. The Bertz CT molecular complexity index is 173. The van der Waals surface area contributed by atoms with Crippen LogP contribution in [0.1, 0.15) is 33.1 Å². The number of halogens is 1. The third kappa shape index (κ3) is 4.16. The standard InChI is InChI=1S/C11H22ClNO/c1-11(2)4-3-6-13(7-5-11)9-10(14)8-12/h10,14H,3-9H2,1-2H3. The van der Waals surface area contributed by atoms with Gasteiger partial charge < -0.3 is 10.0 Å². The van der Waals surface area contributed by atoms with E-state index in [1.807, 2.05) is 0 Å². The maximum atomic E-state index is 9.46. The van der Waals surface area contributed by atoms with Crippen molar-refractivity contribution in [2.45, 2.75) is 39.2 Å². The van der Waals surface area contributed by atoms with Gasteiger partial charge in [0.1, 0.15) is 0 Å². The zero-order chi connectivity index (χ0) is 10.6. The van der Waals surface area contributed by atoms with E-state index in [0.717, 1.165) is 19.6 Å². The second kappa shape index (κ2) is 5.34. The second-order valence-corrected chi connectivity index (χ2v) is 5.44. The first kappa shape index (κ1) is 12.3. The number of alkyl halides is 1. The van der Waals surface area contributed by atoms with E-state index in [1.54, 1.807) is 0 Å². The van der Waals surface area contributed by atoms with Crippen LogP contribution in [0.2, 0.25) is 0 Å². The van der Waals surface area contributed by atoms with Crippen molar-refractivity contribution in [3.05, 3.63) is 0 Å². The summed E-state index contributed by atoms with van der Waals surface area (Å²) in [5.41, 5.74) is 0.473. The van der Waals surface area contributed by atoms with Crippen molar-refractivity contribution >= 4 is 11.6 Å². The highest BCUT2D eigenvalue weighted by Gasteiger charge is 2.23. The number of aliphatic hydroxyl groups excluding tert-OH is 1. The molecule has 1 saturated heterocycles. The van der Waals surface area contributed by atoms with Gasteiger partial charge in [-0.2, -0.15) is 0 Å². The fourth-order valence-electron chi connectivity index (χ4n) is 2.01. The van der Waals surface area contributed by atoms with Crippen LogP contribution in [0.3, 0.4) is 0 Å². The molecule has 0 radical (unpaired) electrons. The van der Waals surface area contributed by atoms with E-state index in [2.05, 4.69) is 18.7 Å². The molecule has 0 aliphatic carbocycles. The molecule has 0 saturated carbocycles. The van der Waals surface area contributed by atoms with Crippen LogP contribution in [0.15, 0.2) is 0 Å². The van der Waals surface area contributed by atoms with Gasteiger partial charge >= 0.3 is 0 Å². The highest BCUT2D eigenvalue weighted by molar-refractivity contribution is 6.18. The lowest BCUT2D eigenvalue weighted by molar-refractivity contribution is 0.129. The minimum absolute atomic E-state index is 0.347. The molecule has 0 aromatic rings. The maximum Gasteiger partial charge on any atom is 0.0802 e. The predicted molar refractivity (Wildman–Crippen MR) is 60.8 cm³/mol. The van der Waals surface area contributed by atoms with Crippen molar-refractivity contribution in [2.75, 3.05) is 25.5 Å². The summed E-state index contributed by atoms with van der Waals surface area (Å²) in [7, 11) is 0. The summed E-state index contributed by atoms with van der Waals surface area (Å²) in [6.45, 7) is 7.60. The Kier molecular flexibility index (Phi) is 4.68. The largest absolute Gasteiger partial charge is 0.391 e. The highest BCUT2D eigenvalue weighted by Crippen LogP contribution is 2.29. The summed E-state index contributed by atoms with van der Waals surface area (Å²) in [4.78, 5) is 2.34. The van der Waals surface area contributed by atoms with Gasteiger partial charge in [-0.3, -0.25) is 0 Å². The van der Waals surface area contributed by atoms with Crippen molar-refractivity contribution in [3.63, 3.8) is 0 Å². The molecule has 1 aliphatic heterocycles. The van der Waals surface area contributed by atoms with E-state index in [-0.39, 0.29) is 6.10 Å². The van der Waals surface area contributed by atoms with Gasteiger partial charge in [0.05, 0.1) is 6.10 Å². The molecule has 1 atom stereocenters. The van der Waals surface area contributed by atoms with E-state index in [9.17, 15) is 5.11 Å². The fourth-order valence-corrected chi connectivity index (χ4v) is 2.11. The van der Waals surface area contributed by atoms with Gasteiger partial charge in [0.25, 0.3) is 0 Å². The van der Waals surface area contributed by atoms with E-state index in [1.165, 1.54) is 19.3 Å². The molecule has 0 amide bonds. The highest BCUT2D eigenvalue weighted by atomic mass is 35.5. The minimum Gasteiger partial charge on any atom is -0.391 e. The molecular weight excluding hydrogens is 198 g/mol. The molecule has 1 aliphatic rings. The van der Waals surface area contributed by atoms with Gasteiger partial charge in [0, 0.05) is 12.4 Å². The van der Waals surface area contributed by atoms with Crippen LogP contribution in [-0.4, -0.2) is 41.6 Å². The van der Waals surface area contributed by atoms with Crippen molar-refractivity contribution < 1.29 is 5.11 Å². The molecule has 3 heteroatoms. The maximum absolute atomic E-state index is 9.46. The van der Waals surface area contributed by atoms with Crippen LogP contribution in [0.5, 0.6) is 0 Å². The summed E-state index contributed by atoms with van der Waals surface area (Å²) in [5, 5.41) is 9.46. The quantitative estimate of drug-likeness (QED) is 0.735. The number of nitrogens with zero attached hydrogens (tertiary/aromatic N) is 1. The normalized spacial score (nSPS) is 25.7. The van der Waals surface area contributed by atoms with Gasteiger partial charge in [-0.25, -0.2) is 0 Å². The summed E-state index contributed by atoms with van der Waals surface area (Å²) in [6, 6.07) is 0. The van der Waals surface area contributed by atoms with Crippen LogP contribution < -0.4 is 0 Å². The van der Waals surface area contributed by atoms with Gasteiger partial charge in [-0.05, 0) is 37.8 Å². The molecule has 1 fully saturated rings. The van der Waals surface area contributed by atoms with E-state index >= 15 is 0 Å². The third-order valence-corrected chi connectivity index (χ3v) is 3.44. The number of rotatable bonds is 3. The average Bonchev–Trinajstić information content (AvgIpc) is 2.28. The summed E-state index contributed by atoms with van der Waals surface area (Å²) in [6.07, 6.45) is 3.39. The Hall–Kier alpha value is 0.210. The third-order valence-electron chi connectivity index (χ3n) is 3.08. The Balaban J connectivity index is 2.35. The molecule has 1 heterocycles.